The average molecular weight is 455 g/mol. The third kappa shape index (κ3) is 3.05. The van der Waals surface area contributed by atoms with Gasteiger partial charge in [0.05, 0.1) is 12.8 Å². The molecule has 0 fully saturated rings. The van der Waals surface area contributed by atoms with Crippen LogP contribution in [-0.4, -0.2) is 34.7 Å². The Bertz CT molecular complexity index is 1460. The molecule has 0 unspecified atom stereocenters. The van der Waals surface area contributed by atoms with Crippen LogP contribution in [0.5, 0.6) is 17.4 Å². The number of ether oxygens (including phenoxy) is 3. The number of hydrogen-bond acceptors (Lipinski definition) is 8. The first kappa shape index (κ1) is 20.1. The van der Waals surface area contributed by atoms with Crippen molar-refractivity contribution in [3.05, 3.63) is 84.2 Å². The molecule has 3 aromatic heterocycles. The van der Waals surface area contributed by atoms with Crippen molar-refractivity contribution in [3.8, 4) is 39.8 Å². The smallest absolute Gasteiger partial charge is 0.283 e. The summed E-state index contributed by atoms with van der Waals surface area (Å²) in [7, 11) is 1.50. The summed E-state index contributed by atoms with van der Waals surface area (Å²) >= 11 is 0. The lowest BCUT2D eigenvalue weighted by Gasteiger charge is -2.34. The zero-order valence-electron chi connectivity index (χ0n) is 18.0. The minimum absolute atomic E-state index is 0.0675. The molecule has 0 saturated heterocycles. The van der Waals surface area contributed by atoms with E-state index >= 15 is 0 Å². The molecule has 0 bridgehead atoms. The number of halogens is 1. The Hall–Kier alpha value is -4.53. The minimum Gasteiger partial charge on any atom is -0.478 e. The molecule has 9 heteroatoms. The Labute approximate surface area is 193 Å². The molecule has 168 valence electrons. The second kappa shape index (κ2) is 7.51. The van der Waals surface area contributed by atoms with Gasteiger partial charge in [0, 0.05) is 46.9 Å². The van der Waals surface area contributed by atoms with Gasteiger partial charge in [0.2, 0.25) is 5.95 Å². The van der Waals surface area contributed by atoms with Gasteiger partial charge in [-0.1, -0.05) is 12.1 Å². The Morgan fingerprint density at radius 1 is 1.03 bits per heavy atom. The summed E-state index contributed by atoms with van der Waals surface area (Å²) in [6.07, 6.45) is 4.90. The van der Waals surface area contributed by atoms with Crippen molar-refractivity contribution in [2.75, 3.05) is 13.7 Å². The van der Waals surface area contributed by atoms with Crippen LogP contribution in [0.4, 0.5) is 4.39 Å². The molecule has 2 N–H and O–H groups in total. The van der Waals surface area contributed by atoms with Gasteiger partial charge in [-0.25, -0.2) is 15.0 Å². The molecule has 0 amide bonds. The van der Waals surface area contributed by atoms with Gasteiger partial charge in [-0.05, 0) is 35.9 Å². The fraction of sp³-hybridized carbons (Fsp3) is 0.120. The highest BCUT2D eigenvalue weighted by Gasteiger charge is 2.48. The predicted octanol–water partition coefficient (Wildman–Crippen LogP) is 4.05. The Kier molecular flexibility index (Phi) is 4.44. The quantitative estimate of drug-likeness (QED) is 0.465. The van der Waals surface area contributed by atoms with Crippen molar-refractivity contribution in [2.45, 2.75) is 5.54 Å². The van der Waals surface area contributed by atoms with Gasteiger partial charge in [-0.3, -0.25) is 4.98 Å². The zero-order chi connectivity index (χ0) is 23.3. The molecule has 2 aliphatic rings. The van der Waals surface area contributed by atoms with E-state index in [4.69, 9.17) is 24.9 Å². The highest BCUT2D eigenvalue weighted by atomic mass is 19.1. The van der Waals surface area contributed by atoms with Crippen LogP contribution >= 0.6 is 0 Å². The van der Waals surface area contributed by atoms with Gasteiger partial charge in [0.15, 0.2) is 11.3 Å². The molecule has 0 saturated carbocycles. The van der Waals surface area contributed by atoms with Crippen LogP contribution < -0.4 is 15.2 Å². The summed E-state index contributed by atoms with van der Waals surface area (Å²) < 4.78 is 31.4. The summed E-state index contributed by atoms with van der Waals surface area (Å²) in [5, 5.41) is 0. The second-order valence-electron chi connectivity index (χ2n) is 7.91. The molecule has 6 rings (SSSR count). The molecule has 1 atom stereocenters. The first-order valence-corrected chi connectivity index (χ1v) is 10.5. The number of pyridine rings is 3. The molecule has 0 radical (unpaired) electrons. The first-order chi connectivity index (χ1) is 16.6. The Morgan fingerprint density at radius 3 is 2.68 bits per heavy atom. The maximum absolute atomic E-state index is 13.9. The number of rotatable bonds is 3. The third-order valence-corrected chi connectivity index (χ3v) is 5.97. The molecular formula is C25H18FN5O3. The van der Waals surface area contributed by atoms with Crippen molar-refractivity contribution in [2.24, 2.45) is 10.7 Å². The first-order valence-electron chi connectivity index (χ1n) is 10.5. The van der Waals surface area contributed by atoms with E-state index in [2.05, 4.69) is 15.0 Å². The Morgan fingerprint density at radius 2 is 1.94 bits per heavy atom. The summed E-state index contributed by atoms with van der Waals surface area (Å²) in [6, 6.07) is 14.5. The van der Waals surface area contributed by atoms with Crippen LogP contribution in [-0.2, 0) is 10.3 Å². The van der Waals surface area contributed by atoms with E-state index < -0.39 is 11.5 Å². The van der Waals surface area contributed by atoms with Crippen molar-refractivity contribution in [1.82, 2.24) is 15.0 Å². The fourth-order valence-electron chi connectivity index (χ4n) is 4.38. The number of benzene rings is 1. The number of fused-ring (bicyclic) bond motifs is 4. The molecule has 4 aromatic rings. The Balaban J connectivity index is 1.60. The highest BCUT2D eigenvalue weighted by molar-refractivity contribution is 5.79. The van der Waals surface area contributed by atoms with Crippen LogP contribution in [0.25, 0.3) is 22.4 Å². The summed E-state index contributed by atoms with van der Waals surface area (Å²) in [5.41, 5.74) is 9.36. The van der Waals surface area contributed by atoms with E-state index in [1.54, 1.807) is 24.5 Å². The molecule has 1 spiro atoms. The van der Waals surface area contributed by atoms with E-state index in [9.17, 15) is 4.39 Å². The number of aromatic nitrogens is 3. The van der Waals surface area contributed by atoms with Crippen LogP contribution in [0.2, 0.25) is 0 Å². The number of nitrogens with two attached hydrogens (primary N) is 1. The number of nitrogens with zero attached hydrogens (tertiary/aromatic N) is 4. The third-order valence-electron chi connectivity index (χ3n) is 5.97. The lowest BCUT2D eigenvalue weighted by atomic mass is 9.80. The fourth-order valence-corrected chi connectivity index (χ4v) is 4.38. The van der Waals surface area contributed by atoms with E-state index in [1.807, 2.05) is 30.3 Å². The van der Waals surface area contributed by atoms with Gasteiger partial charge in [-0.2, -0.15) is 4.39 Å². The number of hydrogen-bond donors (Lipinski definition) is 1. The van der Waals surface area contributed by atoms with Crippen molar-refractivity contribution >= 4 is 6.02 Å². The number of aliphatic imine (C=N–C) groups is 1. The number of methoxy groups -OCH3 is 1. The molecule has 1 aromatic carbocycles. The minimum atomic E-state index is -0.998. The van der Waals surface area contributed by atoms with Crippen LogP contribution in [0.15, 0.2) is 72.1 Å². The maximum atomic E-state index is 13.9. The van der Waals surface area contributed by atoms with Crippen LogP contribution in [0.3, 0.4) is 0 Å². The van der Waals surface area contributed by atoms with E-state index in [0.29, 0.717) is 28.3 Å². The van der Waals surface area contributed by atoms with E-state index in [1.165, 1.54) is 19.4 Å². The second-order valence-corrected chi connectivity index (χ2v) is 7.91. The predicted molar refractivity (Wildman–Crippen MR) is 122 cm³/mol. The van der Waals surface area contributed by atoms with Crippen molar-refractivity contribution in [1.29, 1.82) is 0 Å². The molecule has 5 heterocycles. The summed E-state index contributed by atoms with van der Waals surface area (Å²) in [6.45, 7) is 0.163. The van der Waals surface area contributed by atoms with Gasteiger partial charge >= 0.3 is 0 Å². The molecule has 2 aliphatic heterocycles. The lowest BCUT2D eigenvalue weighted by molar-refractivity contribution is 0.260. The normalized spacial score (nSPS) is 17.9. The van der Waals surface area contributed by atoms with E-state index in [-0.39, 0.29) is 18.5 Å². The van der Waals surface area contributed by atoms with Crippen LogP contribution in [0, 0.1) is 5.95 Å². The highest BCUT2D eigenvalue weighted by Crippen LogP contribution is 2.54. The standard InChI is InChI=1S/C25H18FN5O3/c1-32-23-22-18(11-19(30-23)15-6-8-29-21(26)10-15)25(13-33-24(27)31-25)17-9-14(4-5-20(17)34-22)16-3-2-7-28-12-16/h2-12H,13H2,1H3,(H2,27,31)/t25-/m0/s1. The largest absolute Gasteiger partial charge is 0.478 e. The number of amidine groups is 1. The van der Waals surface area contributed by atoms with E-state index in [0.717, 1.165) is 16.7 Å². The van der Waals surface area contributed by atoms with Gasteiger partial charge in [0.1, 0.15) is 12.4 Å². The average Bonchev–Trinajstić information content (AvgIpc) is 3.26. The van der Waals surface area contributed by atoms with Gasteiger partial charge in [-0.15, -0.1) is 0 Å². The zero-order valence-corrected chi connectivity index (χ0v) is 18.0. The summed E-state index contributed by atoms with van der Waals surface area (Å²) in [5.74, 6) is 0.626. The lowest BCUT2D eigenvalue weighted by Crippen LogP contribution is -2.31. The topological polar surface area (TPSA) is 105 Å². The van der Waals surface area contributed by atoms with Gasteiger partial charge < -0.3 is 19.9 Å². The molecule has 0 aliphatic carbocycles. The van der Waals surface area contributed by atoms with Crippen molar-refractivity contribution in [3.63, 3.8) is 0 Å². The summed E-state index contributed by atoms with van der Waals surface area (Å²) in [4.78, 5) is 17.1. The maximum Gasteiger partial charge on any atom is 0.283 e. The van der Waals surface area contributed by atoms with Crippen molar-refractivity contribution < 1.29 is 18.6 Å². The van der Waals surface area contributed by atoms with Gasteiger partial charge in [0.25, 0.3) is 11.9 Å². The molecule has 8 nitrogen and oxygen atoms in total. The molecular weight excluding hydrogens is 437 g/mol. The van der Waals surface area contributed by atoms with Crippen LogP contribution in [0.1, 0.15) is 11.1 Å². The SMILES string of the molecule is COc1nc(-c2ccnc(F)c2)cc2c1Oc1ccc(-c3cccnc3)cc1[C@@]21COC(N)=N1. The monoisotopic (exact) mass is 455 g/mol. The molecule has 34 heavy (non-hydrogen) atoms.